The summed E-state index contributed by atoms with van der Waals surface area (Å²) in [6, 6.07) is 5.78. The zero-order valence-corrected chi connectivity index (χ0v) is 11.9. The van der Waals surface area contributed by atoms with E-state index in [9.17, 15) is 12.8 Å². The first kappa shape index (κ1) is 14.7. The summed E-state index contributed by atoms with van der Waals surface area (Å²) in [4.78, 5) is -0.208. The van der Waals surface area contributed by atoms with Crippen molar-refractivity contribution >= 4 is 10.0 Å². The van der Waals surface area contributed by atoms with E-state index in [1.54, 1.807) is 13.0 Å². The minimum absolute atomic E-state index is 0.0511. The van der Waals surface area contributed by atoms with Crippen molar-refractivity contribution in [3.8, 4) is 0 Å². The molecule has 7 heteroatoms. The van der Waals surface area contributed by atoms with E-state index in [1.807, 2.05) is 0 Å². The van der Waals surface area contributed by atoms with E-state index in [2.05, 4.69) is 5.32 Å². The van der Waals surface area contributed by atoms with Gasteiger partial charge in [-0.05, 0) is 30.8 Å². The van der Waals surface area contributed by atoms with Crippen LogP contribution in [0.1, 0.15) is 12.5 Å². The summed E-state index contributed by atoms with van der Waals surface area (Å²) in [5.41, 5.74) is -1.23. The molecule has 0 spiro atoms. The number of sulfonamides is 1. The summed E-state index contributed by atoms with van der Waals surface area (Å²) in [7, 11) is -2.80. The first-order chi connectivity index (χ1) is 9.33. The van der Waals surface area contributed by atoms with Gasteiger partial charge in [-0.3, -0.25) is 0 Å². The van der Waals surface area contributed by atoms with Gasteiger partial charge < -0.3 is 10.1 Å². The van der Waals surface area contributed by atoms with Crippen molar-refractivity contribution in [1.82, 2.24) is 5.32 Å². The average molecular weight is 298 g/mol. The summed E-state index contributed by atoms with van der Waals surface area (Å²) >= 11 is 0. The van der Waals surface area contributed by atoms with Crippen LogP contribution in [-0.2, 0) is 20.5 Å². The van der Waals surface area contributed by atoms with Crippen LogP contribution >= 0.6 is 0 Å². The van der Waals surface area contributed by atoms with Gasteiger partial charge in [-0.1, -0.05) is 18.2 Å². The fraction of sp³-hybridized carbons (Fsp3) is 0.231. The number of hydrogen-bond acceptors (Lipinski definition) is 4. The lowest BCUT2D eigenvalue weighted by molar-refractivity contribution is 0.00115. The van der Waals surface area contributed by atoms with Crippen molar-refractivity contribution in [2.24, 2.45) is 5.14 Å². The summed E-state index contributed by atoms with van der Waals surface area (Å²) in [5, 5.41) is 8.04. The molecule has 0 fully saturated rings. The number of rotatable bonds is 3. The smallest absolute Gasteiger partial charge is 0.239 e. The largest absolute Gasteiger partial charge is 0.355 e. The maximum Gasteiger partial charge on any atom is 0.239 e. The van der Waals surface area contributed by atoms with E-state index in [0.29, 0.717) is 5.57 Å². The van der Waals surface area contributed by atoms with Crippen LogP contribution in [-0.4, -0.2) is 15.5 Å². The highest BCUT2D eigenvalue weighted by Gasteiger charge is 2.45. The molecule has 2 rings (SSSR count). The predicted octanol–water partition coefficient (Wildman–Crippen LogP) is 1.30. The van der Waals surface area contributed by atoms with E-state index in [0.717, 1.165) is 0 Å². The third-order valence-electron chi connectivity index (χ3n) is 3.14. The Morgan fingerprint density at radius 2 is 2.00 bits per heavy atom. The molecule has 0 aliphatic carbocycles. The van der Waals surface area contributed by atoms with Crippen molar-refractivity contribution in [3.05, 3.63) is 58.4 Å². The summed E-state index contributed by atoms with van der Waals surface area (Å²) in [6.07, 6.45) is 3.04. The number of ether oxygens (including phenoxy) is 1. The third-order valence-corrected chi connectivity index (χ3v) is 4.32. The molecule has 0 amide bonds. The van der Waals surface area contributed by atoms with Crippen LogP contribution in [0.15, 0.2) is 47.0 Å². The molecule has 1 atom stereocenters. The van der Waals surface area contributed by atoms with Gasteiger partial charge in [-0.15, -0.1) is 0 Å². The molecule has 1 heterocycles. The van der Waals surface area contributed by atoms with Crippen LogP contribution < -0.4 is 10.5 Å². The van der Waals surface area contributed by atoms with Crippen molar-refractivity contribution in [2.45, 2.75) is 12.6 Å². The van der Waals surface area contributed by atoms with Gasteiger partial charge in [-0.25, -0.2) is 17.9 Å². The van der Waals surface area contributed by atoms with Gasteiger partial charge in [0.1, 0.15) is 10.7 Å². The maximum atomic E-state index is 14.1. The Labute approximate surface area is 117 Å². The maximum absolute atomic E-state index is 14.1. The number of benzene rings is 1. The lowest BCUT2D eigenvalue weighted by Gasteiger charge is -2.37. The molecular weight excluding hydrogens is 283 g/mol. The number of methoxy groups -OCH3 is 1. The summed E-state index contributed by atoms with van der Waals surface area (Å²) < 4.78 is 43.2. The monoisotopic (exact) mass is 298 g/mol. The van der Waals surface area contributed by atoms with Crippen LogP contribution in [0.5, 0.6) is 0 Å². The molecule has 1 aliphatic rings. The number of allylic oxidation sites excluding steroid dienone is 2. The van der Waals surface area contributed by atoms with Crippen LogP contribution in [0.2, 0.25) is 0 Å². The number of halogens is 1. The molecule has 0 bridgehead atoms. The molecule has 108 valence electrons. The highest BCUT2D eigenvalue weighted by Crippen LogP contribution is 2.38. The number of primary sulfonamides is 1. The van der Waals surface area contributed by atoms with Crippen molar-refractivity contribution < 1.29 is 17.5 Å². The van der Waals surface area contributed by atoms with Crippen molar-refractivity contribution in [3.63, 3.8) is 0 Å². The number of hydrogen-bond donors (Lipinski definition) is 2. The molecule has 1 aromatic carbocycles. The quantitative estimate of drug-likeness (QED) is 0.881. The highest BCUT2D eigenvalue weighted by atomic mass is 32.2. The molecule has 1 unspecified atom stereocenters. The topological polar surface area (TPSA) is 81.4 Å². The molecule has 0 radical (unpaired) electrons. The minimum atomic E-state index is -4.09. The molecule has 20 heavy (non-hydrogen) atoms. The van der Waals surface area contributed by atoms with Gasteiger partial charge in [-0.2, -0.15) is 0 Å². The second-order valence-electron chi connectivity index (χ2n) is 4.40. The van der Waals surface area contributed by atoms with Gasteiger partial charge >= 0.3 is 0 Å². The van der Waals surface area contributed by atoms with Crippen molar-refractivity contribution in [1.29, 1.82) is 0 Å². The second-order valence-corrected chi connectivity index (χ2v) is 5.90. The third kappa shape index (κ3) is 2.24. The molecule has 3 N–H and O–H groups in total. The van der Waals surface area contributed by atoms with Crippen LogP contribution in [0.3, 0.4) is 0 Å². The molecular formula is C13H15FN2O3S. The first-order valence-corrected chi connectivity index (χ1v) is 7.36. The Morgan fingerprint density at radius 3 is 2.55 bits per heavy atom. The zero-order valence-electron chi connectivity index (χ0n) is 11.1. The van der Waals surface area contributed by atoms with Crippen LogP contribution in [0.25, 0.3) is 0 Å². The fourth-order valence-corrected chi connectivity index (χ4v) is 3.51. The lowest BCUT2D eigenvalue weighted by atomic mass is 9.96. The van der Waals surface area contributed by atoms with E-state index in [4.69, 9.17) is 9.88 Å². The highest BCUT2D eigenvalue weighted by molar-refractivity contribution is 7.93. The number of nitrogens with two attached hydrogens (primary N) is 1. The molecule has 1 aromatic rings. The Hall–Kier alpha value is -1.70. The molecule has 0 aromatic heterocycles. The normalized spacial score (nSPS) is 22.8. The predicted molar refractivity (Wildman–Crippen MR) is 73.2 cm³/mol. The fourth-order valence-electron chi connectivity index (χ4n) is 2.34. The zero-order chi connectivity index (χ0) is 15.0. The van der Waals surface area contributed by atoms with E-state index in [-0.39, 0.29) is 10.5 Å². The Bertz CT molecular complexity index is 697. The first-order valence-electron chi connectivity index (χ1n) is 5.81. The molecule has 0 saturated heterocycles. The molecule has 1 aliphatic heterocycles. The van der Waals surface area contributed by atoms with E-state index < -0.39 is 21.6 Å². The van der Waals surface area contributed by atoms with E-state index >= 15 is 0 Å². The lowest BCUT2D eigenvalue weighted by Crippen LogP contribution is -2.49. The molecule has 5 nitrogen and oxygen atoms in total. The van der Waals surface area contributed by atoms with Crippen molar-refractivity contribution in [2.75, 3.05) is 7.11 Å². The van der Waals surface area contributed by atoms with Crippen LogP contribution in [0, 0.1) is 5.82 Å². The number of dihydropyridines is 1. The van der Waals surface area contributed by atoms with Gasteiger partial charge in [0.2, 0.25) is 15.7 Å². The van der Waals surface area contributed by atoms with E-state index in [1.165, 1.54) is 37.6 Å². The molecule has 0 saturated carbocycles. The van der Waals surface area contributed by atoms with Gasteiger partial charge in [0, 0.05) is 12.7 Å². The van der Waals surface area contributed by atoms with Gasteiger partial charge in [0.25, 0.3) is 0 Å². The van der Waals surface area contributed by atoms with Gasteiger partial charge in [0.05, 0.1) is 0 Å². The number of nitrogens with one attached hydrogen (secondary N) is 1. The summed E-state index contributed by atoms with van der Waals surface area (Å²) in [6.45, 7) is 1.58. The Morgan fingerprint density at radius 1 is 1.35 bits per heavy atom. The minimum Gasteiger partial charge on any atom is -0.355 e. The van der Waals surface area contributed by atoms with Crippen LogP contribution in [0.4, 0.5) is 4.39 Å². The second kappa shape index (κ2) is 5.01. The average Bonchev–Trinajstić information content (AvgIpc) is 2.37. The standard InChI is InChI=1S/C13H15FN2O3S/c1-9-7-8-16-13(19-2,12(9)20(15,17)18)10-5-3-4-6-11(10)14/h3-8,16H,1-2H3,(H2,15,17,18). The Kier molecular flexibility index (Phi) is 3.68. The SMILES string of the molecule is COC1(c2ccccc2F)NC=CC(C)=C1S(N)(=O)=O. The Balaban J connectivity index is 2.80. The van der Waals surface area contributed by atoms with Gasteiger partial charge in [0.15, 0.2) is 0 Å². The summed E-state index contributed by atoms with van der Waals surface area (Å²) in [5.74, 6) is -0.592.